The second-order valence-electron chi connectivity index (χ2n) is 3.49. The number of hydrogen-bond donors (Lipinski definition) is 2. The van der Waals surface area contributed by atoms with Gasteiger partial charge < -0.3 is 5.73 Å². The molecule has 0 aromatic carbocycles. The minimum atomic E-state index is -0.190. The van der Waals surface area contributed by atoms with E-state index in [1.165, 1.54) is 11.8 Å². The van der Waals surface area contributed by atoms with E-state index in [4.69, 9.17) is 5.73 Å². The molecule has 2 aromatic rings. The van der Waals surface area contributed by atoms with Crippen LogP contribution in [-0.4, -0.2) is 19.7 Å². The minimum absolute atomic E-state index is 0.190. The van der Waals surface area contributed by atoms with Crippen LogP contribution >= 0.6 is 11.8 Å². The topological polar surface area (TPSA) is 89.6 Å². The predicted molar refractivity (Wildman–Crippen MR) is 65.9 cm³/mol. The summed E-state index contributed by atoms with van der Waals surface area (Å²) in [4.78, 5) is 15.6. The fourth-order valence-electron chi connectivity index (χ4n) is 1.35. The van der Waals surface area contributed by atoms with Crippen LogP contribution in [0.25, 0.3) is 0 Å². The summed E-state index contributed by atoms with van der Waals surface area (Å²) in [6.07, 6.45) is 2.46. The van der Waals surface area contributed by atoms with Gasteiger partial charge in [-0.15, -0.1) is 5.10 Å². The molecule has 0 saturated carbocycles. The molecule has 17 heavy (non-hydrogen) atoms. The maximum Gasteiger partial charge on any atom is 0.343 e. The van der Waals surface area contributed by atoms with E-state index in [2.05, 4.69) is 15.2 Å². The lowest BCUT2D eigenvalue weighted by molar-refractivity contribution is 0.603. The van der Waals surface area contributed by atoms with Crippen molar-refractivity contribution in [1.82, 2.24) is 19.7 Å². The molecular weight excluding hydrogens is 238 g/mol. The Morgan fingerprint density at radius 3 is 3.00 bits per heavy atom. The second kappa shape index (κ2) is 5.05. The number of H-pyrrole nitrogens is 1. The third-order valence-electron chi connectivity index (χ3n) is 2.13. The van der Waals surface area contributed by atoms with Gasteiger partial charge in [0, 0.05) is 6.54 Å². The van der Waals surface area contributed by atoms with Crippen LogP contribution in [0.5, 0.6) is 0 Å². The lowest BCUT2D eigenvalue weighted by atomic mass is 10.4. The van der Waals surface area contributed by atoms with Crippen molar-refractivity contribution < 1.29 is 0 Å². The largest absolute Gasteiger partial charge is 0.397 e. The number of aromatic nitrogens is 4. The van der Waals surface area contributed by atoms with Gasteiger partial charge in [0.05, 0.1) is 11.9 Å². The Morgan fingerprint density at radius 2 is 2.35 bits per heavy atom. The van der Waals surface area contributed by atoms with Crippen molar-refractivity contribution in [3.05, 3.63) is 28.8 Å². The van der Waals surface area contributed by atoms with Gasteiger partial charge >= 0.3 is 5.69 Å². The summed E-state index contributed by atoms with van der Waals surface area (Å²) in [5.74, 6) is 0. The van der Waals surface area contributed by atoms with Crippen LogP contribution in [0.2, 0.25) is 0 Å². The van der Waals surface area contributed by atoms with Gasteiger partial charge in [-0.2, -0.15) is 0 Å². The summed E-state index contributed by atoms with van der Waals surface area (Å²) >= 11 is 1.34. The van der Waals surface area contributed by atoms with Gasteiger partial charge in [-0.3, -0.25) is 4.57 Å². The number of rotatable bonds is 4. The molecule has 2 rings (SSSR count). The molecule has 0 aliphatic carbocycles. The molecule has 0 spiro atoms. The lowest BCUT2D eigenvalue weighted by Crippen LogP contribution is -2.17. The van der Waals surface area contributed by atoms with Gasteiger partial charge in [0.25, 0.3) is 0 Å². The molecule has 0 saturated heterocycles. The van der Waals surface area contributed by atoms with Crippen molar-refractivity contribution in [2.45, 2.75) is 30.1 Å². The first kappa shape index (κ1) is 11.7. The minimum Gasteiger partial charge on any atom is -0.397 e. The quantitative estimate of drug-likeness (QED) is 0.849. The Morgan fingerprint density at radius 1 is 1.53 bits per heavy atom. The molecule has 0 fully saturated rings. The van der Waals surface area contributed by atoms with E-state index in [1.54, 1.807) is 22.9 Å². The molecule has 90 valence electrons. The summed E-state index contributed by atoms with van der Waals surface area (Å²) in [6, 6.07) is 3.57. The summed E-state index contributed by atoms with van der Waals surface area (Å²) in [5, 5.41) is 7.79. The summed E-state index contributed by atoms with van der Waals surface area (Å²) in [6.45, 7) is 2.65. The van der Waals surface area contributed by atoms with Gasteiger partial charge in [0.2, 0.25) is 0 Å². The monoisotopic (exact) mass is 251 g/mol. The number of anilines is 1. The summed E-state index contributed by atoms with van der Waals surface area (Å²) < 4.78 is 1.60. The molecule has 0 atom stereocenters. The molecular formula is C10H13N5OS. The number of nitrogens with two attached hydrogens (primary N) is 1. The van der Waals surface area contributed by atoms with E-state index in [1.807, 2.05) is 6.92 Å². The molecule has 2 heterocycles. The highest BCUT2D eigenvalue weighted by atomic mass is 32.2. The van der Waals surface area contributed by atoms with E-state index in [0.29, 0.717) is 17.4 Å². The van der Waals surface area contributed by atoms with Crippen LogP contribution in [-0.2, 0) is 6.54 Å². The van der Waals surface area contributed by atoms with E-state index in [-0.39, 0.29) is 5.69 Å². The van der Waals surface area contributed by atoms with E-state index < -0.39 is 0 Å². The van der Waals surface area contributed by atoms with Crippen molar-refractivity contribution in [2.24, 2.45) is 0 Å². The molecule has 0 aliphatic heterocycles. The van der Waals surface area contributed by atoms with Crippen molar-refractivity contribution in [3.63, 3.8) is 0 Å². The zero-order valence-electron chi connectivity index (χ0n) is 9.38. The standard InChI is InChI=1S/C10H13N5OS/c1-2-5-15-9(16)13-14-10(15)17-8-4-3-7(11)6-12-8/h3-4,6H,2,5,11H2,1H3,(H,13,16). The van der Waals surface area contributed by atoms with Crippen molar-refractivity contribution >= 4 is 17.4 Å². The van der Waals surface area contributed by atoms with Crippen LogP contribution in [0.1, 0.15) is 13.3 Å². The molecule has 0 aliphatic rings. The third-order valence-corrected chi connectivity index (χ3v) is 3.07. The number of nitrogen functional groups attached to an aromatic ring is 1. The SMILES string of the molecule is CCCn1c(Sc2ccc(N)cn2)n[nH]c1=O. The number of pyridine rings is 1. The Bertz CT molecular complexity index is 545. The smallest absolute Gasteiger partial charge is 0.343 e. The van der Waals surface area contributed by atoms with Crippen molar-refractivity contribution in [3.8, 4) is 0 Å². The molecule has 3 N–H and O–H groups in total. The average molecular weight is 251 g/mol. The second-order valence-corrected chi connectivity index (χ2v) is 4.48. The number of nitrogens with zero attached hydrogens (tertiary/aromatic N) is 3. The average Bonchev–Trinajstić information content (AvgIpc) is 2.65. The van der Waals surface area contributed by atoms with E-state index in [9.17, 15) is 4.79 Å². The first-order valence-electron chi connectivity index (χ1n) is 5.25. The third kappa shape index (κ3) is 2.68. The van der Waals surface area contributed by atoms with Gasteiger partial charge in [-0.1, -0.05) is 6.92 Å². The van der Waals surface area contributed by atoms with Crippen LogP contribution < -0.4 is 11.4 Å². The van der Waals surface area contributed by atoms with Crippen LogP contribution in [0.4, 0.5) is 5.69 Å². The molecule has 0 amide bonds. The molecule has 2 aromatic heterocycles. The Balaban J connectivity index is 2.23. The maximum atomic E-state index is 11.5. The van der Waals surface area contributed by atoms with E-state index in [0.717, 1.165) is 11.4 Å². The fourth-order valence-corrected chi connectivity index (χ4v) is 2.15. The van der Waals surface area contributed by atoms with Gasteiger partial charge in [-0.25, -0.2) is 14.9 Å². The van der Waals surface area contributed by atoms with Crippen molar-refractivity contribution in [1.29, 1.82) is 0 Å². The molecule has 7 heteroatoms. The predicted octanol–water partition coefficient (Wildman–Crippen LogP) is 1.11. The normalized spacial score (nSPS) is 10.6. The molecule has 0 radical (unpaired) electrons. The molecule has 6 nitrogen and oxygen atoms in total. The number of nitrogens with one attached hydrogen (secondary N) is 1. The highest BCUT2D eigenvalue weighted by molar-refractivity contribution is 7.99. The Hall–Kier alpha value is -1.76. The zero-order valence-corrected chi connectivity index (χ0v) is 10.2. The highest BCUT2D eigenvalue weighted by Gasteiger charge is 2.09. The lowest BCUT2D eigenvalue weighted by Gasteiger charge is -2.02. The van der Waals surface area contributed by atoms with E-state index >= 15 is 0 Å². The van der Waals surface area contributed by atoms with Gasteiger partial charge in [0.1, 0.15) is 5.03 Å². The van der Waals surface area contributed by atoms with Crippen LogP contribution in [0, 0.1) is 0 Å². The zero-order chi connectivity index (χ0) is 12.3. The number of hydrogen-bond acceptors (Lipinski definition) is 5. The van der Waals surface area contributed by atoms with Gasteiger partial charge in [-0.05, 0) is 30.3 Å². The first-order valence-corrected chi connectivity index (χ1v) is 6.07. The molecule has 0 unspecified atom stereocenters. The van der Waals surface area contributed by atoms with Gasteiger partial charge in [0.15, 0.2) is 5.16 Å². The summed E-state index contributed by atoms with van der Waals surface area (Å²) in [5.41, 5.74) is 5.98. The highest BCUT2D eigenvalue weighted by Crippen LogP contribution is 2.23. The Labute approximate surface area is 102 Å². The Kier molecular flexibility index (Phi) is 3.48. The first-order chi connectivity index (χ1) is 8.20. The fraction of sp³-hybridized carbons (Fsp3) is 0.300. The van der Waals surface area contributed by atoms with Crippen molar-refractivity contribution in [2.75, 3.05) is 5.73 Å². The van der Waals surface area contributed by atoms with Crippen LogP contribution in [0.3, 0.4) is 0 Å². The number of aromatic amines is 1. The van der Waals surface area contributed by atoms with Crippen LogP contribution in [0.15, 0.2) is 33.3 Å². The summed E-state index contributed by atoms with van der Waals surface area (Å²) in [7, 11) is 0. The molecule has 0 bridgehead atoms. The maximum absolute atomic E-state index is 11.5.